The summed E-state index contributed by atoms with van der Waals surface area (Å²) in [6.07, 6.45) is 2.86. The van der Waals surface area contributed by atoms with Gasteiger partial charge in [0.2, 0.25) is 0 Å². The number of rotatable bonds is 3. The summed E-state index contributed by atoms with van der Waals surface area (Å²) in [4.78, 5) is 0. The minimum Gasteiger partial charge on any atom is -0.499 e. The molecule has 0 heterocycles. The fourth-order valence-corrected chi connectivity index (χ4v) is 0.260. The second-order valence-corrected chi connectivity index (χ2v) is 1.52. The van der Waals surface area contributed by atoms with Crippen LogP contribution in [-0.2, 0) is 4.74 Å². The quantitative estimate of drug-likeness (QED) is 0.492. The van der Waals surface area contributed by atoms with Crippen molar-refractivity contribution in [3.8, 4) is 0 Å². The molecular formula is C6H12O. The average molecular weight is 100 g/mol. The number of hydrogen-bond acceptors (Lipinski definition) is 1. The van der Waals surface area contributed by atoms with Crippen LogP contribution >= 0.6 is 0 Å². The highest BCUT2D eigenvalue weighted by molar-refractivity contribution is 4.53. The smallest absolute Gasteiger partial charge is 0.0947 e. The standard InChI is InChI=1S/C6H12O/c1-4-6(3)7-5-2/h5-6H,2,4H2,1,3H3/t6-/m0/s1. The molecule has 0 aliphatic carbocycles. The Kier molecular flexibility index (Phi) is 3.48. The summed E-state index contributed by atoms with van der Waals surface area (Å²) in [5.74, 6) is 0. The summed E-state index contributed by atoms with van der Waals surface area (Å²) < 4.78 is 4.95. The zero-order chi connectivity index (χ0) is 5.70. The summed E-state index contributed by atoms with van der Waals surface area (Å²) >= 11 is 0. The van der Waals surface area contributed by atoms with Gasteiger partial charge in [0.1, 0.15) is 0 Å². The number of hydrogen-bond donors (Lipinski definition) is 0. The first-order chi connectivity index (χ1) is 3.31. The van der Waals surface area contributed by atoms with E-state index in [-0.39, 0.29) is 0 Å². The van der Waals surface area contributed by atoms with E-state index in [1.165, 1.54) is 6.26 Å². The van der Waals surface area contributed by atoms with Crippen LogP contribution in [0.3, 0.4) is 0 Å². The third-order valence-corrected chi connectivity index (χ3v) is 0.903. The summed E-state index contributed by atoms with van der Waals surface area (Å²) in [5, 5.41) is 0. The van der Waals surface area contributed by atoms with Crippen LogP contribution in [0.15, 0.2) is 12.8 Å². The molecule has 0 aromatic rings. The van der Waals surface area contributed by atoms with Crippen molar-refractivity contribution in [3.05, 3.63) is 12.8 Å². The van der Waals surface area contributed by atoms with E-state index in [2.05, 4.69) is 13.5 Å². The Morgan fingerprint density at radius 2 is 2.43 bits per heavy atom. The lowest BCUT2D eigenvalue weighted by Crippen LogP contribution is -1.99. The van der Waals surface area contributed by atoms with E-state index >= 15 is 0 Å². The normalized spacial score (nSPS) is 12.9. The molecule has 1 atom stereocenters. The fraction of sp³-hybridized carbons (Fsp3) is 0.667. The van der Waals surface area contributed by atoms with Crippen LogP contribution in [0, 0.1) is 0 Å². The predicted molar refractivity (Wildman–Crippen MR) is 31.0 cm³/mol. The molecule has 0 aromatic carbocycles. The van der Waals surface area contributed by atoms with Gasteiger partial charge in [-0.05, 0) is 13.3 Å². The van der Waals surface area contributed by atoms with Gasteiger partial charge in [-0.1, -0.05) is 13.5 Å². The summed E-state index contributed by atoms with van der Waals surface area (Å²) in [6.45, 7) is 7.52. The molecule has 0 N–H and O–H groups in total. The van der Waals surface area contributed by atoms with Crippen molar-refractivity contribution >= 4 is 0 Å². The van der Waals surface area contributed by atoms with Gasteiger partial charge in [-0.25, -0.2) is 0 Å². The lowest BCUT2D eigenvalue weighted by Gasteiger charge is -2.04. The first kappa shape index (κ1) is 6.54. The lowest BCUT2D eigenvalue weighted by molar-refractivity contribution is 0.159. The largest absolute Gasteiger partial charge is 0.499 e. The lowest BCUT2D eigenvalue weighted by atomic mass is 10.3. The molecule has 0 radical (unpaired) electrons. The Balaban J connectivity index is 2.98. The Labute approximate surface area is 45.0 Å². The van der Waals surface area contributed by atoms with E-state index in [9.17, 15) is 0 Å². The van der Waals surface area contributed by atoms with Gasteiger partial charge in [-0.2, -0.15) is 0 Å². The van der Waals surface area contributed by atoms with Crippen molar-refractivity contribution in [3.63, 3.8) is 0 Å². The second kappa shape index (κ2) is 3.72. The van der Waals surface area contributed by atoms with Crippen LogP contribution in [0.2, 0.25) is 0 Å². The van der Waals surface area contributed by atoms with Crippen molar-refractivity contribution in [1.82, 2.24) is 0 Å². The molecule has 0 amide bonds. The third kappa shape index (κ3) is 3.37. The molecule has 1 nitrogen and oxygen atoms in total. The maximum atomic E-state index is 4.95. The first-order valence-corrected chi connectivity index (χ1v) is 2.57. The highest BCUT2D eigenvalue weighted by atomic mass is 16.5. The SMILES string of the molecule is C=CO[C@@H](C)CC. The second-order valence-electron chi connectivity index (χ2n) is 1.52. The van der Waals surface area contributed by atoms with Crippen LogP contribution in [-0.4, -0.2) is 6.10 Å². The van der Waals surface area contributed by atoms with E-state index in [0.29, 0.717) is 6.10 Å². The molecule has 0 aliphatic rings. The Morgan fingerprint density at radius 1 is 1.86 bits per heavy atom. The molecule has 7 heavy (non-hydrogen) atoms. The van der Waals surface area contributed by atoms with Gasteiger partial charge >= 0.3 is 0 Å². The van der Waals surface area contributed by atoms with Crippen LogP contribution in [0.1, 0.15) is 20.3 Å². The van der Waals surface area contributed by atoms with Crippen molar-refractivity contribution in [2.45, 2.75) is 26.4 Å². The van der Waals surface area contributed by atoms with Gasteiger partial charge in [0.15, 0.2) is 0 Å². The van der Waals surface area contributed by atoms with E-state index in [4.69, 9.17) is 4.74 Å². The zero-order valence-electron chi connectivity index (χ0n) is 4.98. The van der Waals surface area contributed by atoms with E-state index in [0.717, 1.165) is 6.42 Å². The Bertz CT molecular complexity index is 50.1. The molecule has 0 saturated carbocycles. The van der Waals surface area contributed by atoms with Gasteiger partial charge in [-0.3, -0.25) is 0 Å². The van der Waals surface area contributed by atoms with Gasteiger partial charge < -0.3 is 4.74 Å². The van der Waals surface area contributed by atoms with Crippen LogP contribution in [0.25, 0.3) is 0 Å². The topological polar surface area (TPSA) is 9.23 Å². The fourth-order valence-electron chi connectivity index (χ4n) is 0.260. The molecule has 0 rings (SSSR count). The third-order valence-electron chi connectivity index (χ3n) is 0.903. The minimum absolute atomic E-state index is 0.331. The molecule has 0 saturated heterocycles. The zero-order valence-corrected chi connectivity index (χ0v) is 4.98. The van der Waals surface area contributed by atoms with Gasteiger partial charge in [0.25, 0.3) is 0 Å². The predicted octanol–water partition coefficient (Wildman–Crippen LogP) is 1.95. The maximum Gasteiger partial charge on any atom is 0.0947 e. The highest BCUT2D eigenvalue weighted by Gasteiger charge is 1.90. The minimum atomic E-state index is 0.331. The molecule has 0 aliphatic heterocycles. The van der Waals surface area contributed by atoms with Gasteiger partial charge in [0.05, 0.1) is 12.4 Å². The number of ether oxygens (including phenoxy) is 1. The maximum absolute atomic E-state index is 4.95. The van der Waals surface area contributed by atoms with Crippen molar-refractivity contribution in [1.29, 1.82) is 0 Å². The average Bonchev–Trinajstić information content (AvgIpc) is 1.68. The van der Waals surface area contributed by atoms with Crippen LogP contribution < -0.4 is 0 Å². The Morgan fingerprint density at radius 3 is 2.57 bits per heavy atom. The molecule has 0 bridgehead atoms. The molecule has 42 valence electrons. The van der Waals surface area contributed by atoms with Crippen molar-refractivity contribution in [2.75, 3.05) is 0 Å². The monoisotopic (exact) mass is 100 g/mol. The van der Waals surface area contributed by atoms with Crippen LogP contribution in [0.5, 0.6) is 0 Å². The van der Waals surface area contributed by atoms with Crippen molar-refractivity contribution in [2.24, 2.45) is 0 Å². The van der Waals surface area contributed by atoms with Gasteiger partial charge in [-0.15, -0.1) is 0 Å². The highest BCUT2D eigenvalue weighted by Crippen LogP contribution is 1.93. The Hall–Kier alpha value is -0.460. The summed E-state index contributed by atoms with van der Waals surface area (Å²) in [5.41, 5.74) is 0. The van der Waals surface area contributed by atoms with E-state index < -0.39 is 0 Å². The molecular weight excluding hydrogens is 88.1 g/mol. The van der Waals surface area contributed by atoms with E-state index in [1.54, 1.807) is 0 Å². The van der Waals surface area contributed by atoms with Gasteiger partial charge in [0, 0.05) is 0 Å². The molecule has 0 spiro atoms. The molecule has 1 heteroatoms. The van der Waals surface area contributed by atoms with E-state index in [1.807, 2.05) is 6.92 Å². The van der Waals surface area contributed by atoms with Crippen LogP contribution in [0.4, 0.5) is 0 Å². The summed E-state index contributed by atoms with van der Waals surface area (Å²) in [7, 11) is 0. The molecule has 0 unspecified atom stereocenters. The molecule has 0 fully saturated rings. The van der Waals surface area contributed by atoms with Crippen molar-refractivity contribution < 1.29 is 4.74 Å². The molecule has 0 aromatic heterocycles. The first-order valence-electron chi connectivity index (χ1n) is 2.57. The summed E-state index contributed by atoms with van der Waals surface area (Å²) in [6, 6.07) is 0.